The smallest absolute Gasteiger partial charge is 0.341 e. The lowest BCUT2D eigenvalue weighted by Gasteiger charge is -2.11. The van der Waals surface area contributed by atoms with E-state index < -0.39 is 40.4 Å². The number of pyridine rings is 2. The van der Waals surface area contributed by atoms with Crippen molar-refractivity contribution in [3.63, 3.8) is 0 Å². The maximum absolute atomic E-state index is 15.5. The average Bonchev–Trinajstić information content (AvgIpc) is 3.74. The molecule has 0 fully saturated rings. The van der Waals surface area contributed by atoms with Crippen LogP contribution in [0.15, 0.2) is 60.2 Å². The molecule has 0 aliphatic carbocycles. The molecule has 0 aliphatic heterocycles. The van der Waals surface area contributed by atoms with Gasteiger partial charge in [0, 0.05) is 29.8 Å². The molecule has 5 heterocycles. The first-order chi connectivity index (χ1) is 21.1. The topological polar surface area (TPSA) is 107 Å². The molecule has 6 aromatic rings. The molecular formula is C29H16ClF4N5O4S. The third-order valence-electron chi connectivity index (χ3n) is 6.76. The highest BCUT2D eigenvalue weighted by atomic mass is 35.5. The van der Waals surface area contributed by atoms with Gasteiger partial charge in [0.15, 0.2) is 23.1 Å². The third kappa shape index (κ3) is 4.97. The van der Waals surface area contributed by atoms with Gasteiger partial charge in [0.1, 0.15) is 28.1 Å². The predicted octanol–water partition coefficient (Wildman–Crippen LogP) is 6.28. The fraction of sp³-hybridized carbons (Fsp3) is 0.0690. The van der Waals surface area contributed by atoms with Crippen molar-refractivity contribution in [3.05, 3.63) is 112 Å². The summed E-state index contributed by atoms with van der Waals surface area (Å²) in [4.78, 5) is 37.0. The van der Waals surface area contributed by atoms with E-state index in [9.17, 15) is 18.8 Å². The Bertz CT molecular complexity index is 2160. The molecule has 44 heavy (non-hydrogen) atoms. The van der Waals surface area contributed by atoms with Crippen LogP contribution in [0.2, 0.25) is 0 Å². The van der Waals surface area contributed by atoms with Crippen molar-refractivity contribution in [2.45, 2.75) is 6.42 Å². The molecule has 0 atom stereocenters. The second-order valence-corrected chi connectivity index (χ2v) is 10.6. The van der Waals surface area contributed by atoms with Gasteiger partial charge in [-0.2, -0.15) is 10.2 Å². The number of aromatic nitrogens is 4. The number of nitrogens with one attached hydrogen (secondary N) is 1. The highest BCUT2D eigenvalue weighted by Gasteiger charge is 2.27. The Morgan fingerprint density at radius 3 is 2.34 bits per heavy atom. The first-order valence-electron chi connectivity index (χ1n) is 12.6. The molecule has 1 aromatic carbocycles. The molecule has 9 nitrogen and oxygen atoms in total. The van der Waals surface area contributed by atoms with E-state index in [1.54, 1.807) is 0 Å². The number of hydrogen-bond donors (Lipinski definition) is 1. The molecule has 0 unspecified atom stereocenters. The van der Waals surface area contributed by atoms with Gasteiger partial charge in [-0.3, -0.25) is 9.59 Å². The van der Waals surface area contributed by atoms with E-state index in [2.05, 4.69) is 15.5 Å². The summed E-state index contributed by atoms with van der Waals surface area (Å²) in [5.41, 5.74) is -1.15. The fourth-order valence-electron chi connectivity index (χ4n) is 4.64. The zero-order valence-corrected chi connectivity index (χ0v) is 23.8. The van der Waals surface area contributed by atoms with Crippen LogP contribution in [0.4, 0.5) is 23.2 Å². The number of rotatable bonds is 7. The molecule has 0 saturated heterocycles. The number of esters is 1. The molecule has 222 valence electrons. The summed E-state index contributed by atoms with van der Waals surface area (Å²) in [7, 11) is 1.08. The van der Waals surface area contributed by atoms with Crippen molar-refractivity contribution >= 4 is 56.8 Å². The second kappa shape index (κ2) is 11.2. The Labute approximate surface area is 253 Å². The van der Waals surface area contributed by atoms with Crippen LogP contribution in [0, 0.1) is 23.3 Å². The molecule has 1 amide bonds. The number of thiophene rings is 1. The standard InChI is InChI=1S/C29H16ClF4N5O4S/c1-43-29(42)22-19(35-28(41)18-11-20-16(31)3-2-7-38(20)37-18)12-44-26(22)15-5-4-13(24(33)25(15)34)9-14-6-8-39-21(23(14)32)10-17(36-39)27(30)40/h2-8,10-12H,9H2,1H3,(H,35,41). The summed E-state index contributed by atoms with van der Waals surface area (Å²) in [6, 6.07) is 8.74. The van der Waals surface area contributed by atoms with Gasteiger partial charge < -0.3 is 10.1 Å². The van der Waals surface area contributed by atoms with Crippen LogP contribution in [-0.2, 0) is 11.2 Å². The molecule has 6 rings (SSSR count). The first-order valence-corrected chi connectivity index (χ1v) is 13.8. The Kier molecular flexibility index (Phi) is 7.39. The van der Waals surface area contributed by atoms with Crippen molar-refractivity contribution in [2.24, 2.45) is 0 Å². The molecule has 0 spiro atoms. The van der Waals surface area contributed by atoms with Crippen molar-refractivity contribution in [3.8, 4) is 10.4 Å². The lowest BCUT2D eigenvalue weighted by molar-refractivity contribution is 0.0603. The predicted molar refractivity (Wildman–Crippen MR) is 152 cm³/mol. The minimum atomic E-state index is -1.32. The van der Waals surface area contributed by atoms with Crippen LogP contribution in [0.3, 0.4) is 0 Å². The number of hydrogen-bond acceptors (Lipinski definition) is 7. The van der Waals surface area contributed by atoms with Crippen LogP contribution in [0.25, 0.3) is 21.5 Å². The number of benzene rings is 1. The van der Waals surface area contributed by atoms with E-state index in [0.717, 1.165) is 29.0 Å². The summed E-state index contributed by atoms with van der Waals surface area (Å²) in [6.07, 6.45) is 2.45. The third-order valence-corrected chi connectivity index (χ3v) is 7.97. The number of anilines is 1. The number of nitrogens with zero attached hydrogens (tertiary/aromatic N) is 4. The average molecular weight is 642 g/mol. The van der Waals surface area contributed by atoms with Gasteiger partial charge in [-0.25, -0.2) is 31.4 Å². The van der Waals surface area contributed by atoms with Gasteiger partial charge in [0.25, 0.3) is 11.1 Å². The Balaban J connectivity index is 1.32. The van der Waals surface area contributed by atoms with Crippen LogP contribution in [0.1, 0.15) is 42.5 Å². The van der Waals surface area contributed by atoms with Crippen molar-refractivity contribution < 1.29 is 36.7 Å². The maximum atomic E-state index is 15.5. The quantitative estimate of drug-likeness (QED) is 0.125. The largest absolute Gasteiger partial charge is 0.465 e. The maximum Gasteiger partial charge on any atom is 0.341 e. The van der Waals surface area contributed by atoms with Crippen LogP contribution < -0.4 is 5.32 Å². The van der Waals surface area contributed by atoms with E-state index >= 15 is 13.2 Å². The normalized spacial score (nSPS) is 11.3. The van der Waals surface area contributed by atoms with Gasteiger partial charge in [0.05, 0.1) is 17.7 Å². The molecule has 0 radical (unpaired) electrons. The number of carbonyl (C=O) groups is 3. The number of ether oxygens (including phenoxy) is 1. The molecule has 1 N–H and O–H groups in total. The fourth-order valence-corrected chi connectivity index (χ4v) is 5.74. The summed E-state index contributed by atoms with van der Waals surface area (Å²) < 4.78 is 67.2. The highest BCUT2D eigenvalue weighted by molar-refractivity contribution is 7.14. The van der Waals surface area contributed by atoms with Crippen molar-refractivity contribution in [2.75, 3.05) is 12.4 Å². The zero-order chi connectivity index (χ0) is 31.3. The summed E-state index contributed by atoms with van der Waals surface area (Å²) in [5, 5.41) is 10.8. The highest BCUT2D eigenvalue weighted by Crippen LogP contribution is 2.39. The zero-order valence-electron chi connectivity index (χ0n) is 22.2. The molecular weight excluding hydrogens is 626 g/mol. The minimum Gasteiger partial charge on any atom is -0.465 e. The van der Waals surface area contributed by atoms with Crippen molar-refractivity contribution in [1.82, 2.24) is 19.2 Å². The monoisotopic (exact) mass is 641 g/mol. The van der Waals surface area contributed by atoms with Gasteiger partial charge in [0.2, 0.25) is 0 Å². The number of methoxy groups -OCH3 is 1. The summed E-state index contributed by atoms with van der Waals surface area (Å²) in [5.74, 6) is -5.72. The van der Waals surface area contributed by atoms with E-state index in [1.807, 2.05) is 0 Å². The molecule has 5 aromatic heterocycles. The molecule has 15 heteroatoms. The number of amides is 1. The molecule has 0 saturated carbocycles. The van der Waals surface area contributed by atoms with Gasteiger partial charge in [-0.05, 0) is 53.1 Å². The van der Waals surface area contributed by atoms with E-state index in [-0.39, 0.29) is 61.7 Å². The lowest BCUT2D eigenvalue weighted by atomic mass is 10.00. The van der Waals surface area contributed by atoms with Gasteiger partial charge >= 0.3 is 5.97 Å². The van der Waals surface area contributed by atoms with Crippen LogP contribution in [-0.4, -0.2) is 43.5 Å². The number of halogens is 5. The molecule has 0 aliphatic rings. The van der Waals surface area contributed by atoms with Crippen LogP contribution in [0.5, 0.6) is 0 Å². The lowest BCUT2D eigenvalue weighted by Crippen LogP contribution is -2.15. The summed E-state index contributed by atoms with van der Waals surface area (Å²) >= 11 is 6.26. The first kappa shape index (κ1) is 29.0. The van der Waals surface area contributed by atoms with Crippen LogP contribution >= 0.6 is 22.9 Å². The number of fused-ring (bicyclic) bond motifs is 2. The summed E-state index contributed by atoms with van der Waals surface area (Å²) in [6.45, 7) is 0. The van der Waals surface area contributed by atoms with E-state index in [1.165, 1.54) is 58.7 Å². The molecule has 0 bridgehead atoms. The van der Waals surface area contributed by atoms with E-state index in [4.69, 9.17) is 16.3 Å². The minimum absolute atomic E-state index is 0.000204. The Morgan fingerprint density at radius 1 is 0.909 bits per heavy atom. The number of carbonyl (C=O) groups excluding carboxylic acids is 3. The SMILES string of the molecule is COC(=O)c1c(NC(=O)c2cc3c(F)cccn3n2)csc1-c1ccc(Cc2ccn3nc(C(=O)Cl)cc3c2F)c(F)c1F. The van der Waals surface area contributed by atoms with Gasteiger partial charge in [-0.15, -0.1) is 11.3 Å². The second-order valence-electron chi connectivity index (χ2n) is 9.38. The van der Waals surface area contributed by atoms with Crippen molar-refractivity contribution in [1.29, 1.82) is 0 Å². The Morgan fingerprint density at radius 2 is 1.61 bits per heavy atom. The van der Waals surface area contributed by atoms with Gasteiger partial charge in [-0.1, -0.05) is 12.1 Å². The van der Waals surface area contributed by atoms with E-state index in [0.29, 0.717) is 0 Å². The Hall–Kier alpha value is -5.08.